The number of anilines is 2. The molecule has 0 saturated carbocycles. The summed E-state index contributed by atoms with van der Waals surface area (Å²) in [6.45, 7) is 7.87. The van der Waals surface area contributed by atoms with Crippen LogP contribution in [0.1, 0.15) is 43.0 Å². The van der Waals surface area contributed by atoms with E-state index in [9.17, 15) is 9.59 Å². The average molecular weight is 629 g/mol. The molecule has 8 nitrogen and oxygen atoms in total. The van der Waals surface area contributed by atoms with E-state index in [4.69, 9.17) is 63.7 Å². The molecule has 0 aliphatic rings. The first-order chi connectivity index (χ1) is 18.3. The number of nitrogens with two attached hydrogens (primary N) is 1. The van der Waals surface area contributed by atoms with Gasteiger partial charge in [0.1, 0.15) is 10.3 Å². The number of aromatic nitrogens is 4. The zero-order valence-electron chi connectivity index (χ0n) is 21.2. The number of para-hydroxylation sites is 2. The maximum Gasteiger partial charge on any atom is 0.260 e. The van der Waals surface area contributed by atoms with Gasteiger partial charge in [0, 0.05) is 23.8 Å². The monoisotopic (exact) mass is 626 g/mol. The van der Waals surface area contributed by atoms with Crippen molar-refractivity contribution < 1.29 is 9.59 Å². The average Bonchev–Trinajstić information content (AvgIpc) is 2.85. The highest BCUT2D eigenvalue weighted by Gasteiger charge is 2.15. The van der Waals surface area contributed by atoms with Crippen LogP contribution in [0.3, 0.4) is 0 Å². The molecule has 2 aromatic carbocycles. The van der Waals surface area contributed by atoms with E-state index < -0.39 is 5.24 Å². The van der Waals surface area contributed by atoms with Crippen LogP contribution in [-0.4, -0.2) is 31.1 Å². The number of carbonyl (C=O) groups is 2. The summed E-state index contributed by atoms with van der Waals surface area (Å²) >= 11 is 27.4. The minimum Gasteiger partial charge on any atom is -0.398 e. The van der Waals surface area contributed by atoms with E-state index in [0.29, 0.717) is 0 Å². The lowest BCUT2D eigenvalue weighted by molar-refractivity contribution is 0.102. The summed E-state index contributed by atoms with van der Waals surface area (Å²) in [4.78, 5) is 37.2. The van der Waals surface area contributed by atoms with Gasteiger partial charge < -0.3 is 11.1 Å². The van der Waals surface area contributed by atoms with Gasteiger partial charge in [-0.15, -0.1) is 0 Å². The van der Waals surface area contributed by atoms with E-state index in [1.54, 1.807) is 0 Å². The Morgan fingerprint density at radius 2 is 1.13 bits per heavy atom. The predicted molar refractivity (Wildman–Crippen MR) is 158 cm³/mol. The van der Waals surface area contributed by atoms with Gasteiger partial charge in [-0.2, -0.15) is 0 Å². The minimum absolute atomic E-state index is 0.00798. The fourth-order valence-electron chi connectivity index (χ4n) is 2.99. The Morgan fingerprint density at radius 3 is 1.51 bits per heavy atom. The number of nitrogens with zero attached hydrogens (tertiary/aromatic N) is 4. The quantitative estimate of drug-likeness (QED) is 0.103. The van der Waals surface area contributed by atoms with Crippen molar-refractivity contribution in [2.24, 2.45) is 0 Å². The molecule has 39 heavy (non-hydrogen) atoms. The highest BCUT2D eigenvalue weighted by molar-refractivity contribution is 6.68. The first-order valence-electron chi connectivity index (χ1n) is 11.1. The normalized spacial score (nSPS) is 9.97. The first-order valence-corrected chi connectivity index (χ1v) is 13.0. The number of carbonyl (C=O) groups excluding carboxylic acids is 2. The summed E-state index contributed by atoms with van der Waals surface area (Å²) in [5, 5.41) is 2.09. The number of rotatable bonds is 3. The Bertz CT molecular complexity index is 1460. The fraction of sp³-hybridized carbons (Fsp3) is 0.154. The number of amides is 1. The summed E-state index contributed by atoms with van der Waals surface area (Å²) in [7, 11) is 0. The summed E-state index contributed by atoms with van der Waals surface area (Å²) in [6, 6.07) is 11.8. The molecule has 0 saturated heterocycles. The lowest BCUT2D eigenvalue weighted by atomic mass is 10.1. The van der Waals surface area contributed by atoms with Crippen LogP contribution in [0.4, 0.5) is 11.4 Å². The van der Waals surface area contributed by atoms with Crippen LogP contribution in [0, 0.1) is 27.7 Å². The van der Waals surface area contributed by atoms with Gasteiger partial charge in [0.25, 0.3) is 11.1 Å². The number of halogens is 5. The van der Waals surface area contributed by atoms with E-state index in [1.807, 2.05) is 64.1 Å². The second-order valence-corrected chi connectivity index (χ2v) is 9.72. The third kappa shape index (κ3) is 9.60. The third-order valence-electron chi connectivity index (χ3n) is 5.14. The number of nitrogen functional groups attached to an aromatic ring is 1. The van der Waals surface area contributed by atoms with Crippen LogP contribution >= 0.6 is 58.0 Å². The fourth-order valence-corrected chi connectivity index (χ4v) is 3.96. The number of benzene rings is 2. The topological polar surface area (TPSA) is 124 Å². The Hall–Kier alpha value is -3.01. The van der Waals surface area contributed by atoms with Crippen LogP contribution in [-0.2, 0) is 0 Å². The van der Waals surface area contributed by atoms with Crippen molar-refractivity contribution in [1.29, 1.82) is 0 Å². The van der Waals surface area contributed by atoms with Crippen LogP contribution in [0.5, 0.6) is 0 Å². The SMILES string of the molecule is Cc1cccc(C)c1N.Cc1cccc(C)c1NC(=O)c1cnc(Cl)nc1Cl.O=C(Cl)c1cnc(Cl)nc1Cl. The maximum atomic E-state index is 12.1. The maximum absolute atomic E-state index is 12.1. The summed E-state index contributed by atoms with van der Waals surface area (Å²) in [6.07, 6.45) is 2.48. The van der Waals surface area contributed by atoms with Crippen LogP contribution in [0.15, 0.2) is 48.8 Å². The van der Waals surface area contributed by atoms with E-state index in [1.165, 1.54) is 12.4 Å². The van der Waals surface area contributed by atoms with Crippen LogP contribution in [0.25, 0.3) is 0 Å². The molecule has 4 rings (SSSR count). The molecule has 4 aromatic rings. The molecule has 0 spiro atoms. The summed E-state index contributed by atoms with van der Waals surface area (Å²) < 4.78 is 0. The molecular weight excluding hydrogens is 606 g/mol. The lowest BCUT2D eigenvalue weighted by Crippen LogP contribution is -2.15. The van der Waals surface area contributed by atoms with Gasteiger partial charge in [0.2, 0.25) is 10.6 Å². The van der Waals surface area contributed by atoms with Gasteiger partial charge in [-0.25, -0.2) is 19.9 Å². The molecule has 2 heterocycles. The zero-order chi connectivity index (χ0) is 29.3. The molecule has 0 atom stereocenters. The molecule has 1 amide bonds. The Kier molecular flexibility index (Phi) is 12.3. The molecule has 2 aromatic heterocycles. The van der Waals surface area contributed by atoms with E-state index in [-0.39, 0.29) is 37.9 Å². The molecule has 0 aliphatic heterocycles. The van der Waals surface area contributed by atoms with Gasteiger partial charge in [0.05, 0.1) is 11.1 Å². The smallest absolute Gasteiger partial charge is 0.260 e. The predicted octanol–water partition coefficient (Wildman–Crippen LogP) is 7.70. The molecule has 0 fully saturated rings. The van der Waals surface area contributed by atoms with Crippen LogP contribution in [0.2, 0.25) is 20.9 Å². The summed E-state index contributed by atoms with van der Waals surface area (Å²) in [5.41, 5.74) is 11.9. The van der Waals surface area contributed by atoms with Crippen molar-refractivity contribution in [3.05, 3.63) is 103 Å². The molecule has 204 valence electrons. The molecule has 0 unspecified atom stereocenters. The van der Waals surface area contributed by atoms with Gasteiger partial charge in [-0.3, -0.25) is 9.59 Å². The minimum atomic E-state index is -0.702. The molecule has 13 heteroatoms. The van der Waals surface area contributed by atoms with Crippen molar-refractivity contribution in [2.75, 3.05) is 11.1 Å². The van der Waals surface area contributed by atoms with Crippen molar-refractivity contribution in [2.45, 2.75) is 27.7 Å². The lowest BCUT2D eigenvalue weighted by Gasteiger charge is -2.11. The van der Waals surface area contributed by atoms with Crippen molar-refractivity contribution in [1.82, 2.24) is 19.9 Å². The zero-order valence-corrected chi connectivity index (χ0v) is 25.0. The highest BCUT2D eigenvalue weighted by Crippen LogP contribution is 2.22. The Balaban J connectivity index is 0.000000226. The second-order valence-electron chi connectivity index (χ2n) is 7.99. The van der Waals surface area contributed by atoms with Crippen molar-refractivity contribution in [3.8, 4) is 0 Å². The standard InChI is InChI=1S/C13H11Cl2N3O.C8H11N.C5HCl3N2O/c1-7-4-3-5-8(2)10(7)17-12(19)9-6-16-13(15)18-11(9)14;1-6-4-3-5-7(2)8(6)9;6-3-2(4(7)11)1-9-5(8)10-3/h3-6H,1-2H3,(H,17,19);3-5H,9H2,1-2H3;1H. The number of aryl methyl sites for hydroxylation is 4. The van der Waals surface area contributed by atoms with Gasteiger partial charge in [0.15, 0.2) is 0 Å². The van der Waals surface area contributed by atoms with Gasteiger partial charge in [-0.05, 0) is 84.8 Å². The largest absolute Gasteiger partial charge is 0.398 e. The van der Waals surface area contributed by atoms with Gasteiger partial charge in [-0.1, -0.05) is 59.6 Å². The molecule has 0 radical (unpaired) electrons. The molecule has 0 bridgehead atoms. The number of nitrogens with one attached hydrogen (secondary N) is 1. The van der Waals surface area contributed by atoms with E-state index >= 15 is 0 Å². The number of hydrogen-bond acceptors (Lipinski definition) is 7. The van der Waals surface area contributed by atoms with E-state index in [2.05, 4.69) is 25.3 Å². The first kappa shape index (κ1) is 32.2. The van der Waals surface area contributed by atoms with Crippen molar-refractivity contribution in [3.63, 3.8) is 0 Å². The summed E-state index contributed by atoms with van der Waals surface area (Å²) in [5.74, 6) is -0.362. The second kappa shape index (κ2) is 15.0. The molecular formula is C26H23Cl5N6O2. The van der Waals surface area contributed by atoms with Gasteiger partial charge >= 0.3 is 0 Å². The molecule has 0 aliphatic carbocycles. The highest BCUT2D eigenvalue weighted by atomic mass is 35.5. The van der Waals surface area contributed by atoms with E-state index in [0.717, 1.165) is 33.6 Å². The van der Waals surface area contributed by atoms with Crippen molar-refractivity contribution >= 4 is 80.5 Å². The Labute approximate surface area is 250 Å². The van der Waals surface area contributed by atoms with Crippen LogP contribution < -0.4 is 11.1 Å². The molecule has 3 N–H and O–H groups in total. The number of hydrogen-bond donors (Lipinski definition) is 2. The third-order valence-corrected chi connectivity index (χ3v) is 6.29. The Morgan fingerprint density at radius 1 is 0.718 bits per heavy atom.